The van der Waals surface area contributed by atoms with Crippen molar-refractivity contribution in [2.45, 2.75) is 19.8 Å². The van der Waals surface area contributed by atoms with E-state index in [0.717, 1.165) is 25.1 Å². The Balaban J connectivity index is 2.70. The predicted molar refractivity (Wildman–Crippen MR) is 74.6 cm³/mol. The van der Waals surface area contributed by atoms with Gasteiger partial charge in [-0.1, -0.05) is 18.5 Å². The first-order valence-corrected chi connectivity index (χ1v) is 6.43. The highest BCUT2D eigenvalue weighted by Crippen LogP contribution is 2.20. The molecule has 1 heterocycles. The number of amidine groups is 1. The summed E-state index contributed by atoms with van der Waals surface area (Å²) < 4.78 is 10.7. The molecule has 0 bridgehead atoms. The van der Waals surface area contributed by atoms with Gasteiger partial charge in [-0.05, 0) is 6.42 Å². The van der Waals surface area contributed by atoms with Crippen molar-refractivity contribution in [1.29, 1.82) is 0 Å². The molecule has 1 aromatic rings. The second-order valence-corrected chi connectivity index (χ2v) is 4.10. The number of ether oxygens (including phenoxy) is 2. The van der Waals surface area contributed by atoms with E-state index >= 15 is 0 Å². The van der Waals surface area contributed by atoms with Gasteiger partial charge in [0.05, 0.1) is 17.1 Å². The van der Waals surface area contributed by atoms with Crippen molar-refractivity contribution in [1.82, 2.24) is 4.98 Å². The van der Waals surface area contributed by atoms with E-state index in [1.807, 2.05) is 0 Å². The molecule has 0 radical (unpaired) electrons. The number of oxime groups is 1. The van der Waals surface area contributed by atoms with Crippen LogP contribution >= 0.6 is 0 Å². The molecule has 0 amide bonds. The number of nitro groups is 1. The smallest absolute Gasteiger partial charge is 0.288 e. The molecule has 0 aromatic carbocycles. The SMILES string of the molecule is CCCCOCCOc1ncc([N+](=O)[O-])cc1C(N)=NO. The fraction of sp³-hybridized carbons (Fsp3) is 0.500. The van der Waals surface area contributed by atoms with Crippen LogP contribution in [-0.2, 0) is 4.74 Å². The van der Waals surface area contributed by atoms with Crippen LogP contribution in [0.3, 0.4) is 0 Å². The van der Waals surface area contributed by atoms with Crippen LogP contribution in [0.1, 0.15) is 25.3 Å². The number of aromatic nitrogens is 1. The topological polar surface area (TPSA) is 133 Å². The van der Waals surface area contributed by atoms with Crippen molar-refractivity contribution in [3.63, 3.8) is 0 Å². The van der Waals surface area contributed by atoms with Crippen molar-refractivity contribution < 1.29 is 19.6 Å². The molecule has 0 saturated carbocycles. The minimum absolute atomic E-state index is 0.0509. The van der Waals surface area contributed by atoms with Gasteiger partial charge in [0.1, 0.15) is 12.8 Å². The Bertz CT molecular complexity index is 506. The molecule has 0 atom stereocenters. The minimum atomic E-state index is -0.626. The summed E-state index contributed by atoms with van der Waals surface area (Å²) >= 11 is 0. The molecule has 0 unspecified atom stereocenters. The van der Waals surface area contributed by atoms with Gasteiger partial charge in [0.15, 0.2) is 5.84 Å². The van der Waals surface area contributed by atoms with Crippen LogP contribution in [-0.4, -0.2) is 40.8 Å². The van der Waals surface area contributed by atoms with Gasteiger partial charge < -0.3 is 20.4 Å². The van der Waals surface area contributed by atoms with Crippen molar-refractivity contribution in [2.24, 2.45) is 10.9 Å². The van der Waals surface area contributed by atoms with Crippen LogP contribution in [0, 0.1) is 10.1 Å². The van der Waals surface area contributed by atoms with Gasteiger partial charge in [0.25, 0.3) is 5.69 Å². The largest absolute Gasteiger partial charge is 0.475 e. The maximum absolute atomic E-state index is 10.7. The number of nitrogens with zero attached hydrogens (tertiary/aromatic N) is 3. The fourth-order valence-corrected chi connectivity index (χ4v) is 1.44. The zero-order valence-corrected chi connectivity index (χ0v) is 11.7. The zero-order valence-electron chi connectivity index (χ0n) is 11.7. The van der Waals surface area contributed by atoms with E-state index in [1.165, 1.54) is 0 Å². The zero-order chi connectivity index (χ0) is 15.7. The third-order valence-electron chi connectivity index (χ3n) is 2.54. The highest BCUT2D eigenvalue weighted by atomic mass is 16.6. The Kier molecular flexibility index (Phi) is 6.88. The Hall–Kier alpha value is -2.42. The van der Waals surface area contributed by atoms with Gasteiger partial charge in [-0.3, -0.25) is 10.1 Å². The lowest BCUT2D eigenvalue weighted by Gasteiger charge is -2.09. The maximum atomic E-state index is 10.7. The van der Waals surface area contributed by atoms with E-state index in [0.29, 0.717) is 13.2 Å². The fourth-order valence-electron chi connectivity index (χ4n) is 1.44. The number of rotatable bonds is 9. The highest BCUT2D eigenvalue weighted by Gasteiger charge is 2.16. The molecule has 0 aliphatic heterocycles. The molecule has 1 rings (SSSR count). The molecule has 116 valence electrons. The molecule has 0 fully saturated rings. The second-order valence-electron chi connectivity index (χ2n) is 4.10. The molecule has 0 saturated heterocycles. The van der Waals surface area contributed by atoms with Gasteiger partial charge in [-0.15, -0.1) is 0 Å². The molecular formula is C12H18N4O5. The lowest BCUT2D eigenvalue weighted by molar-refractivity contribution is -0.385. The summed E-state index contributed by atoms with van der Waals surface area (Å²) in [7, 11) is 0. The number of hydrogen-bond acceptors (Lipinski definition) is 7. The maximum Gasteiger partial charge on any atom is 0.288 e. The lowest BCUT2D eigenvalue weighted by atomic mass is 10.2. The minimum Gasteiger partial charge on any atom is -0.475 e. The molecule has 21 heavy (non-hydrogen) atoms. The average molecular weight is 298 g/mol. The van der Waals surface area contributed by atoms with Gasteiger partial charge in [-0.25, -0.2) is 4.98 Å². The highest BCUT2D eigenvalue weighted by molar-refractivity contribution is 5.99. The average Bonchev–Trinajstić information content (AvgIpc) is 2.49. The molecule has 9 nitrogen and oxygen atoms in total. The van der Waals surface area contributed by atoms with Crippen molar-refractivity contribution in [3.05, 3.63) is 27.9 Å². The van der Waals surface area contributed by atoms with Crippen LogP contribution in [0.5, 0.6) is 5.88 Å². The summed E-state index contributed by atoms with van der Waals surface area (Å²) in [6, 6.07) is 1.13. The van der Waals surface area contributed by atoms with E-state index in [1.54, 1.807) is 0 Å². The molecule has 3 N–H and O–H groups in total. The standard InChI is InChI=1S/C12H18N4O5/c1-2-3-4-20-5-6-21-12-10(11(13)15-17)7-9(8-14-12)16(18)19/h7-8,17H,2-6H2,1H3,(H2,13,15). The monoisotopic (exact) mass is 298 g/mol. The van der Waals surface area contributed by atoms with Crippen LogP contribution in [0.15, 0.2) is 17.4 Å². The van der Waals surface area contributed by atoms with Gasteiger partial charge in [-0.2, -0.15) is 0 Å². The molecular weight excluding hydrogens is 280 g/mol. The van der Waals surface area contributed by atoms with E-state index in [4.69, 9.17) is 20.4 Å². The van der Waals surface area contributed by atoms with E-state index < -0.39 is 4.92 Å². The quantitative estimate of drug-likeness (QED) is 0.175. The van der Waals surface area contributed by atoms with Crippen LogP contribution in [0.25, 0.3) is 0 Å². The number of pyridine rings is 1. The third kappa shape index (κ3) is 5.22. The predicted octanol–water partition coefficient (Wildman–Crippen LogP) is 1.28. The van der Waals surface area contributed by atoms with Crippen LogP contribution < -0.4 is 10.5 Å². The summed E-state index contributed by atoms with van der Waals surface area (Å²) in [4.78, 5) is 13.9. The third-order valence-corrected chi connectivity index (χ3v) is 2.54. The van der Waals surface area contributed by atoms with Crippen molar-refractivity contribution >= 4 is 11.5 Å². The van der Waals surface area contributed by atoms with Crippen molar-refractivity contribution in [2.75, 3.05) is 19.8 Å². The summed E-state index contributed by atoms with van der Waals surface area (Å²) in [6.45, 7) is 3.26. The van der Waals surface area contributed by atoms with Crippen LogP contribution in [0.4, 0.5) is 5.69 Å². The first-order chi connectivity index (χ1) is 10.1. The molecule has 1 aromatic heterocycles. The first kappa shape index (κ1) is 16.6. The summed E-state index contributed by atoms with van der Waals surface area (Å²) in [5.74, 6) is -0.261. The number of unbranched alkanes of at least 4 members (excludes halogenated alkanes) is 1. The molecule has 0 aliphatic carbocycles. The lowest BCUT2D eigenvalue weighted by Crippen LogP contribution is -2.17. The molecule has 0 spiro atoms. The molecule has 9 heteroatoms. The Morgan fingerprint density at radius 1 is 1.52 bits per heavy atom. The van der Waals surface area contributed by atoms with Gasteiger partial charge in [0.2, 0.25) is 5.88 Å². The molecule has 0 aliphatic rings. The Morgan fingerprint density at radius 2 is 2.29 bits per heavy atom. The van der Waals surface area contributed by atoms with Crippen molar-refractivity contribution in [3.8, 4) is 5.88 Å². The normalized spacial score (nSPS) is 11.4. The Labute approximate surface area is 121 Å². The first-order valence-electron chi connectivity index (χ1n) is 6.43. The Morgan fingerprint density at radius 3 is 2.90 bits per heavy atom. The number of nitrogens with two attached hydrogens (primary N) is 1. The summed E-state index contributed by atoms with van der Waals surface area (Å²) in [6.07, 6.45) is 3.05. The van der Waals surface area contributed by atoms with E-state index in [9.17, 15) is 10.1 Å². The summed E-state index contributed by atoms with van der Waals surface area (Å²) in [5.41, 5.74) is 5.24. The van der Waals surface area contributed by atoms with Gasteiger partial charge in [0, 0.05) is 12.7 Å². The van der Waals surface area contributed by atoms with Crippen LogP contribution in [0.2, 0.25) is 0 Å². The summed E-state index contributed by atoms with van der Waals surface area (Å²) in [5, 5.41) is 22.2. The second kappa shape index (κ2) is 8.69. The van der Waals surface area contributed by atoms with Gasteiger partial charge >= 0.3 is 0 Å². The number of hydrogen-bond donors (Lipinski definition) is 2. The van der Waals surface area contributed by atoms with E-state index in [-0.39, 0.29) is 29.6 Å². The van der Waals surface area contributed by atoms with E-state index in [2.05, 4.69) is 17.1 Å².